The average Bonchev–Trinajstić information content (AvgIpc) is 2.49. The highest BCUT2D eigenvalue weighted by Gasteiger charge is 2.27. The van der Waals surface area contributed by atoms with E-state index in [-0.39, 0.29) is 5.91 Å². The van der Waals surface area contributed by atoms with E-state index in [1.54, 1.807) is 0 Å². The minimum Gasteiger partial charge on any atom is -0.339 e. The Bertz CT molecular complexity index is 571. The highest BCUT2D eigenvalue weighted by Crippen LogP contribution is 2.26. The number of amides is 1. The Labute approximate surface area is 123 Å². The molecule has 108 valence electrons. The van der Waals surface area contributed by atoms with E-state index in [4.69, 9.17) is 4.84 Å². The van der Waals surface area contributed by atoms with Crippen LogP contribution in [0.4, 0.5) is 0 Å². The molecule has 0 unspecified atom stereocenters. The summed E-state index contributed by atoms with van der Waals surface area (Å²) in [6.07, 6.45) is 0. The molecule has 0 N–H and O–H groups in total. The Hall–Kier alpha value is -2.62. The fraction of sp³-hybridized carbons (Fsp3) is 0.176. The molecule has 0 spiro atoms. The summed E-state index contributed by atoms with van der Waals surface area (Å²) in [6.45, 7) is 1.27. The van der Waals surface area contributed by atoms with Crippen LogP contribution in [-0.2, 0) is 14.4 Å². The second-order valence-electron chi connectivity index (χ2n) is 4.67. The van der Waals surface area contributed by atoms with Gasteiger partial charge in [0.1, 0.15) is 0 Å². The van der Waals surface area contributed by atoms with Gasteiger partial charge in [-0.05, 0) is 11.1 Å². The summed E-state index contributed by atoms with van der Waals surface area (Å²) in [5.41, 5.74) is 1.71. The molecule has 2 aromatic carbocycles. The first-order valence-electron chi connectivity index (χ1n) is 6.65. The SMILES string of the molecule is CC(=O)ON(C)C(=O)C(c1ccccc1)c1ccccc1. The van der Waals surface area contributed by atoms with Crippen molar-refractivity contribution in [2.45, 2.75) is 12.8 Å². The first-order valence-corrected chi connectivity index (χ1v) is 6.65. The van der Waals surface area contributed by atoms with Crippen molar-refractivity contribution in [1.82, 2.24) is 5.06 Å². The molecule has 21 heavy (non-hydrogen) atoms. The third kappa shape index (κ3) is 3.69. The molecule has 2 aromatic rings. The van der Waals surface area contributed by atoms with E-state index < -0.39 is 11.9 Å². The third-order valence-electron chi connectivity index (χ3n) is 3.09. The van der Waals surface area contributed by atoms with E-state index >= 15 is 0 Å². The molecule has 0 aliphatic carbocycles. The molecule has 4 nitrogen and oxygen atoms in total. The lowest BCUT2D eigenvalue weighted by Gasteiger charge is -2.23. The molecular weight excluding hydrogens is 266 g/mol. The largest absolute Gasteiger partial charge is 0.339 e. The second-order valence-corrected chi connectivity index (χ2v) is 4.67. The molecule has 0 bridgehead atoms. The highest BCUT2D eigenvalue weighted by atomic mass is 16.7. The fourth-order valence-electron chi connectivity index (χ4n) is 2.19. The average molecular weight is 283 g/mol. The Morgan fingerprint density at radius 3 is 1.71 bits per heavy atom. The zero-order valence-electron chi connectivity index (χ0n) is 12.0. The van der Waals surface area contributed by atoms with Crippen molar-refractivity contribution in [2.24, 2.45) is 0 Å². The summed E-state index contributed by atoms with van der Waals surface area (Å²) >= 11 is 0. The minimum absolute atomic E-state index is 0.289. The van der Waals surface area contributed by atoms with Gasteiger partial charge < -0.3 is 4.84 Å². The van der Waals surface area contributed by atoms with E-state index in [9.17, 15) is 9.59 Å². The Morgan fingerprint density at radius 1 is 0.905 bits per heavy atom. The van der Waals surface area contributed by atoms with Crippen LogP contribution in [0.5, 0.6) is 0 Å². The second kappa shape index (κ2) is 6.70. The van der Waals surface area contributed by atoms with E-state index in [0.29, 0.717) is 0 Å². The summed E-state index contributed by atoms with van der Waals surface area (Å²) in [7, 11) is 1.45. The molecule has 0 radical (unpaired) electrons. The first kappa shape index (κ1) is 14.8. The van der Waals surface area contributed by atoms with E-state index in [0.717, 1.165) is 16.2 Å². The number of rotatable bonds is 3. The van der Waals surface area contributed by atoms with Gasteiger partial charge in [0.15, 0.2) is 0 Å². The van der Waals surface area contributed by atoms with Crippen molar-refractivity contribution in [1.29, 1.82) is 0 Å². The topological polar surface area (TPSA) is 46.6 Å². The maximum atomic E-state index is 12.6. The van der Waals surface area contributed by atoms with Gasteiger partial charge in [-0.25, -0.2) is 0 Å². The van der Waals surface area contributed by atoms with Crippen LogP contribution in [0.15, 0.2) is 60.7 Å². The zero-order chi connectivity index (χ0) is 15.2. The Balaban J connectivity index is 2.37. The number of nitrogens with zero attached hydrogens (tertiary/aromatic N) is 1. The number of hydrogen-bond acceptors (Lipinski definition) is 3. The van der Waals surface area contributed by atoms with E-state index in [1.165, 1.54) is 14.0 Å². The summed E-state index contributed by atoms with van der Waals surface area (Å²) in [5.74, 6) is -1.31. The summed E-state index contributed by atoms with van der Waals surface area (Å²) < 4.78 is 0. The van der Waals surface area contributed by atoms with Crippen molar-refractivity contribution in [3.63, 3.8) is 0 Å². The van der Waals surface area contributed by atoms with Gasteiger partial charge in [-0.3, -0.25) is 9.59 Å². The van der Waals surface area contributed by atoms with E-state index in [1.807, 2.05) is 60.7 Å². The molecule has 0 saturated carbocycles. The summed E-state index contributed by atoms with van der Waals surface area (Å²) in [5, 5.41) is 0.993. The molecule has 0 saturated heterocycles. The number of hydroxylamine groups is 2. The van der Waals surface area contributed by atoms with Gasteiger partial charge in [0.2, 0.25) is 0 Å². The molecule has 2 rings (SSSR count). The predicted molar refractivity (Wildman–Crippen MR) is 79.3 cm³/mol. The molecule has 0 atom stereocenters. The number of likely N-dealkylation sites (N-methyl/N-ethyl adjacent to an activating group) is 1. The Kier molecular flexibility index (Phi) is 4.72. The van der Waals surface area contributed by atoms with Crippen LogP contribution in [0.2, 0.25) is 0 Å². The van der Waals surface area contributed by atoms with Crippen LogP contribution in [0, 0.1) is 0 Å². The lowest BCUT2D eigenvalue weighted by atomic mass is 9.90. The summed E-state index contributed by atoms with van der Waals surface area (Å²) in [6, 6.07) is 18.9. The van der Waals surface area contributed by atoms with E-state index in [2.05, 4.69) is 0 Å². The van der Waals surface area contributed by atoms with Crippen molar-refractivity contribution in [3.8, 4) is 0 Å². The minimum atomic E-state index is -0.522. The van der Waals surface area contributed by atoms with Crippen molar-refractivity contribution in [3.05, 3.63) is 71.8 Å². The van der Waals surface area contributed by atoms with Gasteiger partial charge >= 0.3 is 5.97 Å². The van der Waals surface area contributed by atoms with Crippen LogP contribution in [0.3, 0.4) is 0 Å². The van der Waals surface area contributed by atoms with Crippen molar-refractivity contribution in [2.75, 3.05) is 7.05 Å². The molecule has 0 aromatic heterocycles. The van der Waals surface area contributed by atoms with Crippen LogP contribution in [0.25, 0.3) is 0 Å². The zero-order valence-corrected chi connectivity index (χ0v) is 12.0. The normalized spacial score (nSPS) is 10.2. The van der Waals surface area contributed by atoms with Crippen LogP contribution in [-0.4, -0.2) is 24.0 Å². The molecule has 4 heteroatoms. The molecule has 0 aliphatic heterocycles. The van der Waals surface area contributed by atoms with Crippen LogP contribution >= 0.6 is 0 Å². The fourth-order valence-corrected chi connectivity index (χ4v) is 2.19. The summed E-state index contributed by atoms with van der Waals surface area (Å²) in [4.78, 5) is 28.5. The molecule has 0 heterocycles. The van der Waals surface area contributed by atoms with Crippen LogP contribution in [0.1, 0.15) is 24.0 Å². The van der Waals surface area contributed by atoms with Crippen molar-refractivity contribution < 1.29 is 14.4 Å². The van der Waals surface area contributed by atoms with Gasteiger partial charge in [0.25, 0.3) is 5.91 Å². The van der Waals surface area contributed by atoms with Crippen LogP contribution < -0.4 is 0 Å². The highest BCUT2D eigenvalue weighted by molar-refractivity contribution is 5.87. The smallest absolute Gasteiger partial charge is 0.329 e. The van der Waals surface area contributed by atoms with Gasteiger partial charge in [-0.15, -0.1) is 0 Å². The Morgan fingerprint density at radius 2 is 1.33 bits per heavy atom. The maximum Gasteiger partial charge on any atom is 0.329 e. The number of benzene rings is 2. The predicted octanol–water partition coefficient (Wildman–Crippen LogP) is 2.76. The molecule has 1 amide bonds. The number of carbonyl (C=O) groups is 2. The van der Waals surface area contributed by atoms with Gasteiger partial charge in [0, 0.05) is 14.0 Å². The maximum absolute atomic E-state index is 12.6. The molecule has 0 aliphatic rings. The number of carbonyl (C=O) groups excluding carboxylic acids is 2. The standard InChI is InChI=1S/C17H17NO3/c1-13(19)21-18(2)17(20)16(14-9-5-3-6-10-14)15-11-7-4-8-12-15/h3-12,16H,1-2H3. The molecular formula is C17H17NO3. The molecule has 0 fully saturated rings. The van der Waals surface area contributed by atoms with Crippen molar-refractivity contribution >= 4 is 11.9 Å². The van der Waals surface area contributed by atoms with Gasteiger partial charge in [0.05, 0.1) is 5.92 Å². The van der Waals surface area contributed by atoms with Gasteiger partial charge in [-0.2, -0.15) is 5.06 Å². The quantitative estimate of drug-likeness (QED) is 0.814. The first-order chi connectivity index (χ1) is 10.1. The monoisotopic (exact) mass is 283 g/mol. The number of hydrogen-bond donors (Lipinski definition) is 0. The third-order valence-corrected chi connectivity index (χ3v) is 3.09. The lowest BCUT2D eigenvalue weighted by molar-refractivity contribution is -0.191. The van der Waals surface area contributed by atoms with Gasteiger partial charge in [-0.1, -0.05) is 60.7 Å². The lowest BCUT2D eigenvalue weighted by Crippen LogP contribution is -2.33.